The average Bonchev–Trinajstić information content (AvgIpc) is 2.83. The molecule has 0 aliphatic carbocycles. The Kier molecular flexibility index (Phi) is 6.22. The molecule has 0 spiro atoms. The maximum absolute atomic E-state index is 5.97. The zero-order valence-corrected chi connectivity index (χ0v) is 18.4. The van der Waals surface area contributed by atoms with Crippen LogP contribution in [0.5, 0.6) is 17.2 Å². The molecule has 0 aliphatic rings. The monoisotopic (exact) mass is 427 g/mol. The van der Waals surface area contributed by atoms with Crippen LogP contribution in [0.15, 0.2) is 73.4 Å². The Morgan fingerprint density at radius 1 is 0.875 bits per heavy atom. The van der Waals surface area contributed by atoms with E-state index < -0.39 is 0 Å². The van der Waals surface area contributed by atoms with Gasteiger partial charge in [0, 0.05) is 17.4 Å². The molecular formula is C26H25N3O3. The number of allylic oxidation sites excluding steroid dienone is 1. The standard InChI is InChI=1S/C26H25N3O3/c1-17(2)24-15-27-22-11-7-19(13-23(22)29-24)28-20-8-12-25(26(14-20)31-4)32-16-18-5-9-21(30-3)10-6-18/h5-15,28H,1,16H2,2-4H3. The van der Waals surface area contributed by atoms with E-state index in [0.29, 0.717) is 18.1 Å². The minimum Gasteiger partial charge on any atom is -0.497 e. The minimum atomic E-state index is 0.432. The SMILES string of the molecule is C=C(C)c1cnc2ccc(Nc3ccc(OCc4ccc(OC)cc4)c(OC)c3)cc2n1. The van der Waals surface area contributed by atoms with Gasteiger partial charge in [-0.25, -0.2) is 4.98 Å². The van der Waals surface area contributed by atoms with Crippen LogP contribution in [-0.2, 0) is 6.61 Å². The molecule has 0 unspecified atom stereocenters. The van der Waals surface area contributed by atoms with Crippen LogP contribution in [0, 0.1) is 0 Å². The molecule has 3 aromatic carbocycles. The largest absolute Gasteiger partial charge is 0.497 e. The number of aromatic nitrogens is 2. The Balaban J connectivity index is 1.50. The molecule has 0 saturated carbocycles. The number of anilines is 2. The average molecular weight is 428 g/mol. The summed E-state index contributed by atoms with van der Waals surface area (Å²) in [6, 6.07) is 19.4. The summed E-state index contributed by atoms with van der Waals surface area (Å²) in [5, 5.41) is 3.39. The summed E-state index contributed by atoms with van der Waals surface area (Å²) in [6.45, 7) is 6.29. The van der Waals surface area contributed by atoms with E-state index in [1.54, 1.807) is 20.4 Å². The van der Waals surface area contributed by atoms with Gasteiger partial charge in [-0.05, 0) is 60.5 Å². The molecule has 32 heavy (non-hydrogen) atoms. The number of fused-ring (bicyclic) bond motifs is 1. The first kappa shape index (κ1) is 21.2. The Hall–Kier alpha value is -4.06. The fourth-order valence-corrected chi connectivity index (χ4v) is 3.21. The molecule has 4 rings (SSSR count). The Bertz CT molecular complexity index is 1250. The van der Waals surface area contributed by atoms with Crippen molar-refractivity contribution in [2.24, 2.45) is 0 Å². The van der Waals surface area contributed by atoms with E-state index in [1.807, 2.05) is 67.6 Å². The summed E-state index contributed by atoms with van der Waals surface area (Å²) in [4.78, 5) is 9.08. The second kappa shape index (κ2) is 9.39. The van der Waals surface area contributed by atoms with Crippen LogP contribution in [0.25, 0.3) is 16.6 Å². The number of ether oxygens (including phenoxy) is 3. The third-order valence-corrected chi connectivity index (χ3v) is 4.99. The van der Waals surface area contributed by atoms with E-state index in [2.05, 4.69) is 21.9 Å². The molecular weight excluding hydrogens is 402 g/mol. The van der Waals surface area contributed by atoms with Gasteiger partial charge in [0.15, 0.2) is 11.5 Å². The highest BCUT2D eigenvalue weighted by Crippen LogP contribution is 2.32. The summed E-state index contributed by atoms with van der Waals surface area (Å²) in [5.41, 5.74) is 6.13. The van der Waals surface area contributed by atoms with Crippen molar-refractivity contribution in [2.75, 3.05) is 19.5 Å². The third-order valence-electron chi connectivity index (χ3n) is 4.99. The number of nitrogens with zero attached hydrogens (tertiary/aromatic N) is 2. The number of benzene rings is 3. The zero-order chi connectivity index (χ0) is 22.5. The molecule has 162 valence electrons. The molecule has 6 nitrogen and oxygen atoms in total. The van der Waals surface area contributed by atoms with Crippen molar-refractivity contribution in [3.05, 3.63) is 84.7 Å². The molecule has 1 aromatic heterocycles. The Labute approximate surface area is 187 Å². The molecule has 6 heteroatoms. The Morgan fingerprint density at radius 3 is 2.34 bits per heavy atom. The summed E-state index contributed by atoms with van der Waals surface area (Å²) in [6.07, 6.45) is 1.74. The lowest BCUT2D eigenvalue weighted by atomic mass is 10.2. The zero-order valence-electron chi connectivity index (χ0n) is 18.4. The van der Waals surface area contributed by atoms with E-state index in [1.165, 1.54) is 0 Å². The number of methoxy groups -OCH3 is 2. The van der Waals surface area contributed by atoms with Crippen LogP contribution in [0.3, 0.4) is 0 Å². The highest BCUT2D eigenvalue weighted by Gasteiger charge is 2.08. The number of hydrogen-bond donors (Lipinski definition) is 1. The molecule has 0 aliphatic heterocycles. The molecule has 0 atom stereocenters. The number of nitrogens with one attached hydrogen (secondary N) is 1. The van der Waals surface area contributed by atoms with Crippen molar-refractivity contribution in [3.8, 4) is 17.2 Å². The Morgan fingerprint density at radius 2 is 1.62 bits per heavy atom. The van der Waals surface area contributed by atoms with Crippen LogP contribution in [0.4, 0.5) is 11.4 Å². The van der Waals surface area contributed by atoms with Crippen molar-refractivity contribution in [1.29, 1.82) is 0 Å². The van der Waals surface area contributed by atoms with E-state index >= 15 is 0 Å². The van der Waals surface area contributed by atoms with Crippen molar-refractivity contribution >= 4 is 28.0 Å². The second-order valence-corrected chi connectivity index (χ2v) is 7.37. The van der Waals surface area contributed by atoms with Gasteiger partial charge in [0.2, 0.25) is 0 Å². The summed E-state index contributed by atoms with van der Waals surface area (Å²) in [7, 11) is 3.28. The third kappa shape index (κ3) is 4.81. The van der Waals surface area contributed by atoms with Gasteiger partial charge in [0.25, 0.3) is 0 Å². The van der Waals surface area contributed by atoms with E-state index in [9.17, 15) is 0 Å². The first-order valence-corrected chi connectivity index (χ1v) is 10.2. The molecule has 0 radical (unpaired) electrons. The fourth-order valence-electron chi connectivity index (χ4n) is 3.21. The molecule has 1 heterocycles. The molecule has 4 aromatic rings. The first-order valence-electron chi connectivity index (χ1n) is 10.2. The molecule has 1 N–H and O–H groups in total. The minimum absolute atomic E-state index is 0.432. The lowest BCUT2D eigenvalue weighted by Gasteiger charge is -2.14. The second-order valence-electron chi connectivity index (χ2n) is 7.37. The van der Waals surface area contributed by atoms with Crippen molar-refractivity contribution in [2.45, 2.75) is 13.5 Å². The highest BCUT2D eigenvalue weighted by atomic mass is 16.5. The summed E-state index contributed by atoms with van der Waals surface area (Å²) >= 11 is 0. The van der Waals surface area contributed by atoms with Crippen LogP contribution in [-0.4, -0.2) is 24.2 Å². The topological polar surface area (TPSA) is 65.5 Å². The summed E-state index contributed by atoms with van der Waals surface area (Å²) < 4.78 is 16.7. The van der Waals surface area contributed by atoms with Gasteiger partial charge in [-0.2, -0.15) is 0 Å². The lowest BCUT2D eigenvalue weighted by Crippen LogP contribution is -1.99. The number of hydrogen-bond acceptors (Lipinski definition) is 6. The van der Waals surface area contributed by atoms with Gasteiger partial charge < -0.3 is 19.5 Å². The van der Waals surface area contributed by atoms with Gasteiger partial charge in [-0.15, -0.1) is 0 Å². The molecule has 0 bridgehead atoms. The van der Waals surface area contributed by atoms with E-state index in [0.717, 1.165) is 45.0 Å². The lowest BCUT2D eigenvalue weighted by molar-refractivity contribution is 0.284. The van der Waals surface area contributed by atoms with Gasteiger partial charge in [0.1, 0.15) is 12.4 Å². The van der Waals surface area contributed by atoms with Gasteiger partial charge in [-0.3, -0.25) is 4.98 Å². The van der Waals surface area contributed by atoms with Crippen LogP contribution >= 0.6 is 0 Å². The molecule has 0 fully saturated rings. The maximum Gasteiger partial charge on any atom is 0.162 e. The predicted molar refractivity (Wildman–Crippen MR) is 128 cm³/mol. The molecule has 0 amide bonds. The van der Waals surface area contributed by atoms with Crippen molar-refractivity contribution < 1.29 is 14.2 Å². The quantitative estimate of drug-likeness (QED) is 0.372. The van der Waals surface area contributed by atoms with Crippen LogP contribution in [0.1, 0.15) is 18.2 Å². The maximum atomic E-state index is 5.97. The van der Waals surface area contributed by atoms with E-state index in [4.69, 9.17) is 14.2 Å². The van der Waals surface area contributed by atoms with Crippen LogP contribution < -0.4 is 19.5 Å². The fraction of sp³-hybridized carbons (Fsp3) is 0.154. The summed E-state index contributed by atoms with van der Waals surface area (Å²) in [5.74, 6) is 2.13. The number of rotatable bonds is 8. The molecule has 0 saturated heterocycles. The predicted octanol–water partition coefficient (Wildman–Crippen LogP) is 6.00. The van der Waals surface area contributed by atoms with E-state index in [-0.39, 0.29) is 0 Å². The van der Waals surface area contributed by atoms with Gasteiger partial charge in [0.05, 0.1) is 37.1 Å². The van der Waals surface area contributed by atoms with Crippen molar-refractivity contribution in [3.63, 3.8) is 0 Å². The van der Waals surface area contributed by atoms with Gasteiger partial charge in [-0.1, -0.05) is 18.7 Å². The normalized spacial score (nSPS) is 10.6. The smallest absolute Gasteiger partial charge is 0.162 e. The van der Waals surface area contributed by atoms with Gasteiger partial charge >= 0.3 is 0 Å². The highest BCUT2D eigenvalue weighted by molar-refractivity contribution is 5.81. The van der Waals surface area contributed by atoms with Crippen LogP contribution in [0.2, 0.25) is 0 Å². The first-order chi connectivity index (χ1) is 15.6. The van der Waals surface area contributed by atoms with Crippen molar-refractivity contribution in [1.82, 2.24) is 9.97 Å².